The molecule has 4 aromatic heterocycles. The number of nitrogens with zero attached hydrogens (tertiary/aromatic N) is 15. The Morgan fingerprint density at radius 1 is 0.319 bits per heavy atom. The van der Waals surface area contributed by atoms with Crippen LogP contribution >= 0.6 is 45.3 Å². The number of unbranched alkanes of at least 4 members (excludes halogenated alkanes) is 8. The summed E-state index contributed by atoms with van der Waals surface area (Å²) in [7, 11) is 1.42. The Kier molecular flexibility index (Phi) is 49.7. The minimum absolute atomic E-state index is 0.0112. The molecule has 4 aliphatic rings. The first-order valence-electron chi connectivity index (χ1n) is 52.4. The lowest BCUT2D eigenvalue weighted by atomic mass is 9.89. The van der Waals surface area contributed by atoms with Crippen molar-refractivity contribution < 1.29 is 38.4 Å². The van der Waals surface area contributed by atoms with Crippen LogP contribution in [0.2, 0.25) is 0 Å². The van der Waals surface area contributed by atoms with Crippen LogP contribution in [0.15, 0.2) is 66.9 Å². The number of thiazole rings is 4. The van der Waals surface area contributed by atoms with E-state index in [1.807, 2.05) is 48.6 Å². The highest BCUT2D eigenvalue weighted by atomic mass is 32.1. The van der Waals surface area contributed by atoms with Gasteiger partial charge in [-0.15, -0.1) is 0 Å². The van der Waals surface area contributed by atoms with Crippen molar-refractivity contribution in [1.82, 2.24) is 40.0 Å². The summed E-state index contributed by atoms with van der Waals surface area (Å²) >= 11 is 6.43. The summed E-state index contributed by atoms with van der Waals surface area (Å²) in [6.07, 6.45) is 35.5. The van der Waals surface area contributed by atoms with Gasteiger partial charge in [-0.2, -0.15) is 21.0 Å². The SMILES string of the molecule is CCCCC(CC)CN(CC(CC)CCCC)c1nc(C(C)(C)C)c(/C=C2\C(=O)N(CC)C(=O)C(C#N)=C2C)s1.CCCCC(CC)CN(CC(CC)CCCC)c1nc(C(C)(C)C)c(/C=C2\C(=O)NC(=O)C(C#N)=C2C)s1.CCCCN(CCCC)c1nc(C(C)(C)C)c(/C=C2\C(=O)N(C)C(=O)C(C#N)=C2C)s1.CCCCN(CCCC)c1nc(C(C)(C)C)c(/C=C2\C(=O)N(CC)C(=O)C(C#N)=C2C)s1. The molecule has 1 N–H and O–H groups in total. The molecule has 0 spiro atoms. The van der Waals surface area contributed by atoms with E-state index in [0.29, 0.717) is 68.3 Å². The maximum absolute atomic E-state index is 13.4. The van der Waals surface area contributed by atoms with E-state index in [2.05, 4.69) is 191 Å². The highest BCUT2D eigenvalue weighted by Crippen LogP contribution is 2.45. The molecule has 0 fully saturated rings. The Hall–Kier alpha value is -9.84. The molecule has 0 aromatic carbocycles. The molecule has 774 valence electrons. The molecular weight excluding hydrogens is 1840 g/mol. The van der Waals surface area contributed by atoms with Gasteiger partial charge in [0.05, 0.1) is 42.3 Å². The molecular formula is C113H170N16O8S4. The van der Waals surface area contributed by atoms with Crippen molar-refractivity contribution in [2.45, 2.75) is 383 Å². The van der Waals surface area contributed by atoms with Gasteiger partial charge in [0.15, 0.2) is 20.5 Å². The number of nitrogens with one attached hydrogen (secondary N) is 1. The number of likely N-dealkylation sites (N-methyl/N-ethyl adjacent to an activating group) is 3. The zero-order valence-corrected chi connectivity index (χ0v) is 95.0. The first-order valence-corrected chi connectivity index (χ1v) is 55.7. The van der Waals surface area contributed by atoms with Crippen LogP contribution in [0.4, 0.5) is 20.5 Å². The molecule has 28 heteroatoms. The van der Waals surface area contributed by atoms with Crippen LogP contribution in [0.5, 0.6) is 0 Å². The fourth-order valence-electron chi connectivity index (χ4n) is 17.3. The Morgan fingerprint density at radius 3 is 0.787 bits per heavy atom. The number of aromatic nitrogens is 4. The molecule has 0 radical (unpaired) electrons. The van der Waals surface area contributed by atoms with E-state index in [1.54, 1.807) is 86.9 Å². The molecule has 141 heavy (non-hydrogen) atoms. The molecule has 4 aromatic rings. The molecule has 0 bridgehead atoms. The smallest absolute Gasteiger partial charge is 0.271 e. The summed E-state index contributed by atoms with van der Waals surface area (Å²) in [5, 5.41) is 44.4. The second-order valence-electron chi connectivity index (χ2n) is 42.0. The predicted octanol–water partition coefficient (Wildman–Crippen LogP) is 26.4. The Bertz CT molecular complexity index is 5350. The van der Waals surface area contributed by atoms with Gasteiger partial charge in [-0.1, -0.05) is 314 Å². The number of hydrogen-bond acceptors (Lipinski definition) is 24. The van der Waals surface area contributed by atoms with E-state index < -0.39 is 29.5 Å². The van der Waals surface area contributed by atoms with Crippen LogP contribution < -0.4 is 24.9 Å². The van der Waals surface area contributed by atoms with Gasteiger partial charge >= 0.3 is 0 Å². The van der Waals surface area contributed by atoms with E-state index in [9.17, 15) is 59.4 Å². The summed E-state index contributed by atoms with van der Waals surface area (Å²) in [4.78, 5) is 139. The maximum atomic E-state index is 13.4. The minimum Gasteiger partial charge on any atom is -0.348 e. The van der Waals surface area contributed by atoms with Crippen molar-refractivity contribution in [3.63, 3.8) is 0 Å². The number of nitriles is 4. The van der Waals surface area contributed by atoms with Crippen molar-refractivity contribution in [3.05, 3.63) is 109 Å². The van der Waals surface area contributed by atoms with Crippen molar-refractivity contribution in [3.8, 4) is 24.3 Å². The monoisotopic (exact) mass is 2010 g/mol. The van der Waals surface area contributed by atoms with Crippen LogP contribution in [-0.2, 0) is 60.0 Å². The third-order valence-electron chi connectivity index (χ3n) is 26.6. The molecule has 4 aliphatic heterocycles. The number of rotatable bonds is 46. The van der Waals surface area contributed by atoms with Crippen molar-refractivity contribution in [1.29, 1.82) is 21.0 Å². The third kappa shape index (κ3) is 33.1. The van der Waals surface area contributed by atoms with E-state index in [4.69, 9.17) is 19.9 Å². The lowest BCUT2D eigenvalue weighted by Gasteiger charge is -2.30. The second kappa shape index (κ2) is 57.6. The first kappa shape index (κ1) is 122. The first-order chi connectivity index (χ1) is 66.6. The highest BCUT2D eigenvalue weighted by Gasteiger charge is 2.41. The van der Waals surface area contributed by atoms with Crippen molar-refractivity contribution in [2.24, 2.45) is 23.7 Å². The molecule has 8 heterocycles. The number of hydrogen-bond donors (Lipinski definition) is 1. The normalized spacial score (nSPS) is 16.7. The average molecular weight is 2010 g/mol. The van der Waals surface area contributed by atoms with Gasteiger partial charge in [-0.25, -0.2) is 19.9 Å². The third-order valence-corrected chi connectivity index (χ3v) is 30.9. The van der Waals surface area contributed by atoms with Gasteiger partial charge in [0.2, 0.25) is 0 Å². The minimum atomic E-state index is -0.630. The number of carbonyl (C=O) groups is 8. The van der Waals surface area contributed by atoms with E-state index in [0.717, 1.165) is 202 Å². The van der Waals surface area contributed by atoms with Gasteiger partial charge in [0, 0.05) is 116 Å². The Morgan fingerprint density at radius 2 is 0.553 bits per heavy atom. The fraction of sp³-hybridized carbons (Fsp3) is 0.646. The fourth-order valence-corrected chi connectivity index (χ4v) is 22.3. The number of imide groups is 4. The van der Waals surface area contributed by atoms with Gasteiger partial charge in [-0.3, -0.25) is 58.4 Å². The van der Waals surface area contributed by atoms with Crippen molar-refractivity contribution in [2.75, 3.05) is 92.1 Å². The standard InChI is InChI=1S/C33H52N4O2S.C31H48N4O2S.C25H36N4O2S.C24H34N4O2S/c1-10-15-17-24(12-3)21-36(22-25(13-4)18-16-11-2)32-35-29(33(7,8)9)28(40-32)19-26-23(6)27(20-34)31(39)37(14-5)30(26)38;1-9-13-15-22(11-3)19-35(20-23(12-4)16-14-10-2)30-33-27(31(6,7)8)26(38-30)17-24-21(5)25(18-32)29(37)34-28(24)36;1-8-11-13-28(14-12-9-2)24-27-21(25(5,6)7)20(32-24)15-18-17(4)19(16-26)23(31)29(10-3)22(18)30;1-8-10-12-28(13-11-9-2)23-26-20(24(4,5)6)19(31-23)14-17-16(3)18(15-25)22(30)27(7)21(17)29/h19,24-25H,10-18,21-22H2,1-9H3;17,22-23H,9-16,19-20H2,1-8H3,(H,34,36,37);15H,8-14H2,1-7H3;14H,8-13H2,1-7H3/b26-19-;24-17-;18-15-;17-14-. The highest BCUT2D eigenvalue weighted by molar-refractivity contribution is 7.17. The molecule has 24 nitrogen and oxygen atoms in total. The summed E-state index contributed by atoms with van der Waals surface area (Å²) in [6, 6.07) is 7.94. The number of carbonyl (C=O) groups excluding carboxylic acids is 8. The van der Waals surface area contributed by atoms with Crippen molar-refractivity contribution >= 4 is 137 Å². The lowest BCUT2D eigenvalue weighted by molar-refractivity contribution is -0.141. The maximum Gasteiger partial charge on any atom is 0.271 e. The summed E-state index contributed by atoms with van der Waals surface area (Å²) in [5.41, 5.74) is 6.23. The lowest BCUT2D eigenvalue weighted by Crippen LogP contribution is -2.42. The summed E-state index contributed by atoms with van der Waals surface area (Å²) in [6.45, 7) is 70.9. The number of anilines is 4. The van der Waals surface area contributed by atoms with Gasteiger partial charge < -0.3 is 19.6 Å². The number of amides is 8. The van der Waals surface area contributed by atoms with E-state index >= 15 is 0 Å². The molecule has 0 saturated carbocycles. The van der Waals surface area contributed by atoms with Gasteiger partial charge in [0.1, 0.15) is 46.6 Å². The van der Waals surface area contributed by atoms with Crippen LogP contribution in [0.3, 0.4) is 0 Å². The van der Waals surface area contributed by atoms with Gasteiger partial charge in [0.25, 0.3) is 47.3 Å². The zero-order chi connectivity index (χ0) is 106. The van der Waals surface area contributed by atoms with E-state index in [-0.39, 0.29) is 74.8 Å². The quantitative estimate of drug-likeness (QED) is 0.0317. The molecule has 4 unspecified atom stereocenters. The van der Waals surface area contributed by atoms with Gasteiger partial charge in [-0.05, 0) is 163 Å². The summed E-state index contributed by atoms with van der Waals surface area (Å²) in [5.74, 6) is -1.29. The molecule has 8 amide bonds. The predicted molar refractivity (Wildman–Crippen MR) is 586 cm³/mol. The summed E-state index contributed by atoms with van der Waals surface area (Å²) < 4.78 is 0. The van der Waals surface area contributed by atoms with Crippen LogP contribution in [0.25, 0.3) is 24.3 Å². The van der Waals surface area contributed by atoms with E-state index in [1.165, 1.54) is 89.0 Å². The van der Waals surface area contributed by atoms with Crippen LogP contribution in [-0.4, -0.2) is 154 Å². The molecule has 0 saturated heterocycles. The molecule has 0 aliphatic carbocycles. The zero-order valence-electron chi connectivity index (χ0n) is 91.8. The topological polar surface area (TPSA) is 318 Å². The molecule has 8 rings (SSSR count). The Labute approximate surface area is 863 Å². The van der Waals surface area contributed by atoms with Crippen LogP contribution in [0, 0.1) is 69.0 Å². The van der Waals surface area contributed by atoms with Crippen LogP contribution in [0.1, 0.15) is 404 Å². The average Bonchev–Trinajstić information content (AvgIpc) is 1.76. The largest absolute Gasteiger partial charge is 0.348 e. The Balaban J connectivity index is 0.000000333. The second-order valence-corrected chi connectivity index (χ2v) is 46.1. The molecule has 4 atom stereocenters.